The van der Waals surface area contributed by atoms with Crippen LogP contribution in [-0.4, -0.2) is 45.3 Å². The molecule has 1 aromatic heterocycles. The van der Waals surface area contributed by atoms with Gasteiger partial charge in [-0.05, 0) is 6.07 Å². The van der Waals surface area contributed by atoms with E-state index in [1.54, 1.807) is 13.1 Å². The van der Waals surface area contributed by atoms with Gasteiger partial charge in [0, 0.05) is 20.3 Å². The predicted molar refractivity (Wildman–Crippen MR) is 47.8 cm³/mol. The summed E-state index contributed by atoms with van der Waals surface area (Å²) in [6, 6.07) is 1.54. The van der Waals surface area contributed by atoms with Crippen molar-refractivity contribution in [2.75, 3.05) is 13.6 Å². The number of aryl methyl sites for hydroxylation is 1. The van der Waals surface area contributed by atoms with E-state index in [-0.39, 0.29) is 12.5 Å². The molecule has 0 atom stereocenters. The Hall–Kier alpha value is -1.85. The summed E-state index contributed by atoms with van der Waals surface area (Å²) in [5, 5.41) is 12.3. The second-order valence-corrected chi connectivity index (χ2v) is 2.90. The number of likely N-dealkylation sites (N-methyl/N-ethyl adjacent to an activating group) is 1. The molecule has 1 rings (SSSR count). The van der Waals surface area contributed by atoms with Gasteiger partial charge in [-0.2, -0.15) is 5.10 Å². The van der Waals surface area contributed by atoms with Gasteiger partial charge in [0.05, 0.1) is 0 Å². The summed E-state index contributed by atoms with van der Waals surface area (Å²) in [6.07, 6.45) is 1.49. The van der Waals surface area contributed by atoms with Crippen LogP contribution in [0.1, 0.15) is 10.5 Å². The van der Waals surface area contributed by atoms with E-state index in [0.29, 0.717) is 5.69 Å². The Morgan fingerprint density at radius 3 is 2.71 bits per heavy atom. The number of amides is 1. The summed E-state index contributed by atoms with van der Waals surface area (Å²) in [6.45, 7) is -0.315. The normalized spacial score (nSPS) is 9.86. The highest BCUT2D eigenvalue weighted by atomic mass is 16.4. The van der Waals surface area contributed by atoms with Crippen molar-refractivity contribution in [1.82, 2.24) is 14.7 Å². The van der Waals surface area contributed by atoms with Crippen LogP contribution >= 0.6 is 0 Å². The lowest BCUT2D eigenvalue weighted by atomic mass is 10.3. The Morgan fingerprint density at radius 1 is 1.64 bits per heavy atom. The van der Waals surface area contributed by atoms with Gasteiger partial charge >= 0.3 is 5.97 Å². The molecular weight excluding hydrogens is 186 g/mol. The van der Waals surface area contributed by atoms with Crippen LogP contribution in [0.15, 0.2) is 12.3 Å². The Labute approximate surface area is 80.7 Å². The van der Waals surface area contributed by atoms with Crippen LogP contribution in [0.2, 0.25) is 0 Å². The Morgan fingerprint density at radius 2 is 2.29 bits per heavy atom. The molecule has 0 bridgehead atoms. The molecule has 0 aliphatic carbocycles. The smallest absolute Gasteiger partial charge is 0.323 e. The van der Waals surface area contributed by atoms with Crippen molar-refractivity contribution in [2.45, 2.75) is 0 Å². The van der Waals surface area contributed by atoms with Gasteiger partial charge in [-0.25, -0.2) is 0 Å². The number of rotatable bonds is 3. The highest BCUT2D eigenvalue weighted by molar-refractivity contribution is 5.94. The van der Waals surface area contributed by atoms with Gasteiger partial charge in [0.15, 0.2) is 0 Å². The van der Waals surface area contributed by atoms with Crippen molar-refractivity contribution in [2.24, 2.45) is 7.05 Å². The van der Waals surface area contributed by atoms with Crippen LogP contribution < -0.4 is 0 Å². The lowest BCUT2D eigenvalue weighted by molar-refractivity contribution is -0.137. The summed E-state index contributed by atoms with van der Waals surface area (Å²) >= 11 is 0. The van der Waals surface area contributed by atoms with Gasteiger partial charge < -0.3 is 10.0 Å². The van der Waals surface area contributed by atoms with Crippen molar-refractivity contribution in [3.63, 3.8) is 0 Å². The Bertz CT molecular complexity index is 358. The number of aromatic nitrogens is 2. The largest absolute Gasteiger partial charge is 0.480 e. The maximum Gasteiger partial charge on any atom is 0.323 e. The molecule has 1 N–H and O–H groups in total. The molecule has 14 heavy (non-hydrogen) atoms. The number of carbonyl (C=O) groups is 2. The van der Waals surface area contributed by atoms with Crippen molar-refractivity contribution >= 4 is 11.9 Å². The number of carboxylic acids is 1. The number of carbonyl (C=O) groups excluding carboxylic acids is 1. The van der Waals surface area contributed by atoms with E-state index in [9.17, 15) is 9.59 Å². The molecular formula is C8H11N3O3. The predicted octanol–water partition coefficient (Wildman–Crippen LogP) is -0.423. The second kappa shape index (κ2) is 3.91. The van der Waals surface area contributed by atoms with Crippen molar-refractivity contribution in [3.8, 4) is 0 Å². The molecule has 1 heterocycles. The minimum absolute atomic E-state index is 0.315. The molecule has 0 aliphatic rings. The van der Waals surface area contributed by atoms with E-state index < -0.39 is 5.97 Å². The Kier molecular flexibility index (Phi) is 2.85. The molecule has 76 valence electrons. The summed E-state index contributed by atoms with van der Waals surface area (Å²) in [4.78, 5) is 23.0. The average Bonchev–Trinajstić information content (AvgIpc) is 2.48. The zero-order chi connectivity index (χ0) is 10.7. The number of hydrogen-bond acceptors (Lipinski definition) is 3. The van der Waals surface area contributed by atoms with Crippen LogP contribution in [0.4, 0.5) is 0 Å². The van der Waals surface area contributed by atoms with Gasteiger partial charge in [-0.15, -0.1) is 0 Å². The molecule has 6 nitrogen and oxygen atoms in total. The quantitative estimate of drug-likeness (QED) is 0.713. The fraction of sp³-hybridized carbons (Fsp3) is 0.375. The first-order valence-corrected chi connectivity index (χ1v) is 3.97. The van der Waals surface area contributed by atoms with Crippen LogP contribution in [-0.2, 0) is 11.8 Å². The van der Waals surface area contributed by atoms with E-state index in [1.165, 1.54) is 17.9 Å². The van der Waals surface area contributed by atoms with Gasteiger partial charge in [0.1, 0.15) is 12.2 Å². The molecule has 0 spiro atoms. The minimum Gasteiger partial charge on any atom is -0.480 e. The molecule has 0 fully saturated rings. The summed E-state index contributed by atoms with van der Waals surface area (Å²) in [5.41, 5.74) is 0.369. The van der Waals surface area contributed by atoms with Crippen molar-refractivity contribution in [3.05, 3.63) is 18.0 Å². The number of aliphatic carboxylic acids is 1. The average molecular weight is 197 g/mol. The van der Waals surface area contributed by atoms with Crippen LogP contribution in [0.5, 0.6) is 0 Å². The van der Waals surface area contributed by atoms with Gasteiger partial charge in [0.25, 0.3) is 5.91 Å². The topological polar surface area (TPSA) is 75.4 Å². The first-order chi connectivity index (χ1) is 6.52. The lowest BCUT2D eigenvalue weighted by Crippen LogP contribution is -2.33. The molecule has 0 radical (unpaired) electrons. The lowest BCUT2D eigenvalue weighted by Gasteiger charge is -2.13. The van der Waals surface area contributed by atoms with Gasteiger partial charge in [-0.3, -0.25) is 14.3 Å². The van der Waals surface area contributed by atoms with Gasteiger partial charge in [0.2, 0.25) is 0 Å². The van der Waals surface area contributed by atoms with E-state index in [0.717, 1.165) is 4.90 Å². The molecule has 6 heteroatoms. The van der Waals surface area contributed by atoms with E-state index in [1.807, 2.05) is 0 Å². The highest BCUT2D eigenvalue weighted by Crippen LogP contribution is 2.00. The highest BCUT2D eigenvalue weighted by Gasteiger charge is 2.16. The molecule has 0 saturated carbocycles. The standard InChI is InChI=1S/C8H11N3O3/c1-10(5-7(12)13)8(14)6-3-4-9-11(6)2/h3-4H,5H2,1-2H3,(H,12,13). The third kappa shape index (κ3) is 2.09. The van der Waals surface area contributed by atoms with E-state index in [4.69, 9.17) is 5.11 Å². The third-order valence-corrected chi connectivity index (χ3v) is 1.76. The Balaban J connectivity index is 2.76. The summed E-state index contributed by atoms with van der Waals surface area (Å²) in [7, 11) is 3.06. The van der Waals surface area contributed by atoms with Crippen molar-refractivity contribution < 1.29 is 14.7 Å². The summed E-state index contributed by atoms with van der Waals surface area (Å²) < 4.78 is 1.40. The number of hydrogen-bond donors (Lipinski definition) is 1. The zero-order valence-electron chi connectivity index (χ0n) is 7.97. The number of nitrogens with zero attached hydrogens (tertiary/aromatic N) is 3. The molecule has 0 aromatic carbocycles. The first kappa shape index (κ1) is 10.2. The summed E-state index contributed by atoms with van der Waals surface area (Å²) in [5.74, 6) is -1.39. The first-order valence-electron chi connectivity index (χ1n) is 3.97. The van der Waals surface area contributed by atoms with Crippen molar-refractivity contribution in [1.29, 1.82) is 0 Å². The van der Waals surface area contributed by atoms with Crippen LogP contribution in [0, 0.1) is 0 Å². The molecule has 0 saturated heterocycles. The maximum atomic E-state index is 11.6. The molecule has 0 unspecified atom stereocenters. The fourth-order valence-electron chi connectivity index (χ4n) is 1.05. The minimum atomic E-state index is -1.04. The van der Waals surface area contributed by atoms with Crippen LogP contribution in [0.25, 0.3) is 0 Å². The van der Waals surface area contributed by atoms with Gasteiger partial charge in [-0.1, -0.05) is 0 Å². The van der Waals surface area contributed by atoms with E-state index in [2.05, 4.69) is 5.10 Å². The molecule has 0 aliphatic heterocycles. The molecule has 1 aromatic rings. The third-order valence-electron chi connectivity index (χ3n) is 1.76. The monoisotopic (exact) mass is 197 g/mol. The second-order valence-electron chi connectivity index (χ2n) is 2.90. The fourth-order valence-corrected chi connectivity index (χ4v) is 1.05. The van der Waals surface area contributed by atoms with Crippen LogP contribution in [0.3, 0.4) is 0 Å². The number of carboxylic acid groups (broad SMARTS) is 1. The maximum absolute atomic E-state index is 11.6. The zero-order valence-corrected chi connectivity index (χ0v) is 7.97. The SMILES string of the molecule is CN(CC(=O)O)C(=O)c1ccnn1C. The van der Waals surface area contributed by atoms with E-state index >= 15 is 0 Å². The molecule has 1 amide bonds.